The van der Waals surface area contributed by atoms with Gasteiger partial charge in [0.25, 0.3) is 5.56 Å². The minimum absolute atomic E-state index is 0.185. The van der Waals surface area contributed by atoms with Crippen LogP contribution in [0.1, 0.15) is 46.6 Å². The Morgan fingerprint density at radius 2 is 1.72 bits per heavy atom. The number of rotatable bonds is 11. The van der Waals surface area contributed by atoms with E-state index >= 15 is 0 Å². The number of aromatic amines is 1. The molecule has 6 rings (SSSR count). The molecule has 0 aliphatic carbocycles. The lowest BCUT2D eigenvalue weighted by molar-refractivity contribution is 0.193. The molecule has 0 saturated carbocycles. The minimum atomic E-state index is -0.583. The van der Waals surface area contributed by atoms with Gasteiger partial charge in [-0.3, -0.25) is 14.7 Å². The van der Waals surface area contributed by atoms with E-state index in [1.165, 1.54) is 11.1 Å². The van der Waals surface area contributed by atoms with Crippen LogP contribution in [0.3, 0.4) is 0 Å². The van der Waals surface area contributed by atoms with Crippen LogP contribution in [0, 0.1) is 0 Å². The molecule has 0 bridgehead atoms. The summed E-state index contributed by atoms with van der Waals surface area (Å²) in [6.45, 7) is 3.62. The number of H-pyrrole nitrogens is 1. The van der Waals surface area contributed by atoms with Crippen LogP contribution in [-0.2, 0) is 32.5 Å². The highest BCUT2D eigenvalue weighted by Gasteiger charge is 2.31. The Morgan fingerprint density at radius 1 is 0.907 bits per heavy atom. The maximum atomic E-state index is 13.9. The van der Waals surface area contributed by atoms with Crippen LogP contribution >= 0.6 is 11.6 Å². The molecular weight excluding hydrogens is 558 g/mol. The molecule has 3 aromatic heterocycles. The first-order valence-corrected chi connectivity index (χ1v) is 14.8. The van der Waals surface area contributed by atoms with Gasteiger partial charge in [0.15, 0.2) is 5.82 Å². The molecule has 1 N–H and O–H groups in total. The van der Waals surface area contributed by atoms with Gasteiger partial charge >= 0.3 is 0 Å². The molecular formula is C34H32ClN7O. The number of halogens is 1. The fraction of sp³-hybridized carbons (Fsp3) is 0.206. The maximum Gasteiger partial charge on any atom is 0.253 e. The Kier molecular flexibility index (Phi) is 8.67. The predicted octanol–water partition coefficient (Wildman–Crippen LogP) is 6.16. The Hall–Kier alpha value is -4.66. The normalized spacial score (nSPS) is 12.2. The van der Waals surface area contributed by atoms with Crippen molar-refractivity contribution in [2.75, 3.05) is 0 Å². The summed E-state index contributed by atoms with van der Waals surface area (Å²) < 4.78 is 1.81. The molecule has 0 aliphatic heterocycles. The number of nitrogens with zero attached hydrogens (tertiary/aromatic N) is 6. The van der Waals surface area contributed by atoms with Crippen LogP contribution in [-0.4, -0.2) is 35.1 Å². The second kappa shape index (κ2) is 13.1. The van der Waals surface area contributed by atoms with Crippen molar-refractivity contribution >= 4 is 22.5 Å². The number of pyridine rings is 2. The number of aryl methyl sites for hydroxylation is 3. The summed E-state index contributed by atoms with van der Waals surface area (Å²) in [6.07, 6.45) is 5.23. The third kappa shape index (κ3) is 6.56. The molecule has 0 amide bonds. The van der Waals surface area contributed by atoms with Crippen molar-refractivity contribution in [3.05, 3.63) is 152 Å². The third-order valence-corrected chi connectivity index (χ3v) is 8.07. The van der Waals surface area contributed by atoms with E-state index in [1.807, 2.05) is 83.7 Å². The average Bonchev–Trinajstić information content (AvgIpc) is 3.50. The SMILES string of the molecule is CCc1ccc2[nH]c(=O)c(C(c3nnnn3CCc3ccccc3)N(Cc3cccnc3)Cc3ccccc3Cl)cc2c1. The van der Waals surface area contributed by atoms with Crippen molar-refractivity contribution < 1.29 is 0 Å². The summed E-state index contributed by atoms with van der Waals surface area (Å²) >= 11 is 6.69. The van der Waals surface area contributed by atoms with E-state index in [0.717, 1.165) is 34.9 Å². The highest BCUT2D eigenvalue weighted by molar-refractivity contribution is 6.31. The number of tetrazole rings is 1. The lowest BCUT2D eigenvalue weighted by atomic mass is 10.0. The quantitative estimate of drug-likeness (QED) is 0.195. The molecule has 6 aromatic rings. The molecule has 8 nitrogen and oxygen atoms in total. The van der Waals surface area contributed by atoms with E-state index in [9.17, 15) is 4.79 Å². The van der Waals surface area contributed by atoms with Crippen LogP contribution < -0.4 is 5.56 Å². The summed E-state index contributed by atoms with van der Waals surface area (Å²) in [4.78, 5) is 23.6. The highest BCUT2D eigenvalue weighted by Crippen LogP contribution is 2.31. The molecule has 1 atom stereocenters. The summed E-state index contributed by atoms with van der Waals surface area (Å²) in [6, 6.07) is 29.5. The van der Waals surface area contributed by atoms with Crippen LogP contribution in [0.5, 0.6) is 0 Å². The van der Waals surface area contributed by atoms with Crippen LogP contribution in [0.25, 0.3) is 10.9 Å². The second-order valence-corrected chi connectivity index (χ2v) is 11.0. The number of nitrogens with one attached hydrogen (secondary N) is 1. The van der Waals surface area contributed by atoms with Crippen molar-refractivity contribution in [2.24, 2.45) is 0 Å². The van der Waals surface area contributed by atoms with Crippen molar-refractivity contribution in [1.82, 2.24) is 35.1 Å². The molecule has 0 radical (unpaired) electrons. The van der Waals surface area contributed by atoms with Gasteiger partial charge in [0.1, 0.15) is 6.04 Å². The van der Waals surface area contributed by atoms with Gasteiger partial charge in [-0.25, -0.2) is 4.68 Å². The summed E-state index contributed by atoms with van der Waals surface area (Å²) in [5.41, 5.74) is 5.47. The van der Waals surface area contributed by atoms with Crippen molar-refractivity contribution in [3.8, 4) is 0 Å². The third-order valence-electron chi connectivity index (χ3n) is 7.70. The van der Waals surface area contributed by atoms with Crippen LogP contribution in [0.2, 0.25) is 5.02 Å². The second-order valence-electron chi connectivity index (χ2n) is 10.6. The Bertz CT molecular complexity index is 1870. The zero-order chi connectivity index (χ0) is 29.6. The number of hydrogen-bond donors (Lipinski definition) is 1. The van der Waals surface area contributed by atoms with E-state index in [1.54, 1.807) is 6.20 Å². The van der Waals surface area contributed by atoms with Crippen molar-refractivity contribution in [3.63, 3.8) is 0 Å². The first kappa shape index (κ1) is 28.5. The standard InChI is InChI=1S/C34H32ClN7O/c1-2-24-14-15-31-28(19-24)20-29(34(43)37-31)32(33-38-39-40-42(33)18-16-25-9-4-3-5-10-25)41(22-26-11-8-17-36-21-26)23-27-12-6-7-13-30(27)35/h3-15,17,19-21,32H,2,16,18,22-23H2,1H3,(H,37,43). The van der Waals surface area contributed by atoms with E-state index in [4.69, 9.17) is 11.6 Å². The van der Waals surface area contributed by atoms with Gasteiger partial charge < -0.3 is 4.98 Å². The van der Waals surface area contributed by atoms with E-state index in [0.29, 0.717) is 36.0 Å². The first-order valence-electron chi connectivity index (χ1n) is 14.4. The zero-order valence-corrected chi connectivity index (χ0v) is 24.7. The molecule has 0 fully saturated rings. The van der Waals surface area contributed by atoms with Crippen LogP contribution in [0.15, 0.2) is 108 Å². The van der Waals surface area contributed by atoms with Crippen molar-refractivity contribution in [1.29, 1.82) is 0 Å². The molecule has 3 aromatic carbocycles. The van der Waals surface area contributed by atoms with Gasteiger partial charge in [-0.1, -0.05) is 79.2 Å². The van der Waals surface area contributed by atoms with Crippen molar-refractivity contribution in [2.45, 2.75) is 45.4 Å². The molecule has 9 heteroatoms. The summed E-state index contributed by atoms with van der Waals surface area (Å²) in [5, 5.41) is 14.6. The molecule has 0 saturated heterocycles. The number of benzene rings is 3. The van der Waals surface area contributed by atoms with Gasteiger partial charge in [-0.2, -0.15) is 0 Å². The molecule has 1 unspecified atom stereocenters. The maximum absolute atomic E-state index is 13.9. The molecule has 0 spiro atoms. The topological polar surface area (TPSA) is 92.6 Å². The van der Waals surface area contributed by atoms with Crippen LogP contribution in [0.4, 0.5) is 0 Å². The predicted molar refractivity (Wildman–Crippen MR) is 169 cm³/mol. The molecule has 216 valence electrons. The smallest absolute Gasteiger partial charge is 0.253 e. The molecule has 3 heterocycles. The van der Waals surface area contributed by atoms with E-state index in [-0.39, 0.29) is 5.56 Å². The van der Waals surface area contributed by atoms with Gasteiger partial charge in [-0.15, -0.1) is 5.10 Å². The van der Waals surface area contributed by atoms with E-state index < -0.39 is 6.04 Å². The fourth-order valence-electron chi connectivity index (χ4n) is 5.45. The largest absolute Gasteiger partial charge is 0.322 e. The number of fused-ring (bicyclic) bond motifs is 1. The van der Waals surface area contributed by atoms with Gasteiger partial charge in [0.2, 0.25) is 0 Å². The highest BCUT2D eigenvalue weighted by atomic mass is 35.5. The van der Waals surface area contributed by atoms with E-state index in [2.05, 4.69) is 55.5 Å². The minimum Gasteiger partial charge on any atom is -0.322 e. The average molecular weight is 590 g/mol. The van der Waals surface area contributed by atoms with Gasteiger partial charge in [0.05, 0.1) is 0 Å². The monoisotopic (exact) mass is 589 g/mol. The summed E-state index contributed by atoms with van der Waals surface area (Å²) in [5.74, 6) is 0.586. The Morgan fingerprint density at radius 3 is 2.51 bits per heavy atom. The lowest BCUT2D eigenvalue weighted by Crippen LogP contribution is -2.35. The Labute approximate surface area is 255 Å². The lowest BCUT2D eigenvalue weighted by Gasteiger charge is -2.31. The molecule has 0 aliphatic rings. The summed E-state index contributed by atoms with van der Waals surface area (Å²) in [7, 11) is 0. The number of hydrogen-bond acceptors (Lipinski definition) is 6. The fourth-order valence-corrected chi connectivity index (χ4v) is 5.65. The Balaban J connectivity index is 1.50. The first-order chi connectivity index (χ1) is 21.1. The zero-order valence-electron chi connectivity index (χ0n) is 23.9. The number of aromatic nitrogens is 6. The molecule has 43 heavy (non-hydrogen) atoms. The van der Waals surface area contributed by atoms with Gasteiger partial charge in [0, 0.05) is 48.1 Å². The van der Waals surface area contributed by atoms with Gasteiger partial charge in [-0.05, 0) is 81.2 Å².